The number of carbonyl (C=O) groups is 2. The van der Waals surface area contributed by atoms with E-state index in [0.717, 1.165) is 38.5 Å². The molecule has 0 amide bonds. The fourth-order valence-corrected chi connectivity index (χ4v) is 7.48. The number of hydrogen-bond donors (Lipinski definition) is 1. The molecule has 0 aliphatic carbocycles. The van der Waals surface area contributed by atoms with Gasteiger partial charge in [0.25, 0.3) is 0 Å². The summed E-state index contributed by atoms with van der Waals surface area (Å²) in [5, 5.41) is 10.5. The molecular formula is C39H77NO3P+. The highest BCUT2D eigenvalue weighted by atomic mass is 31.1. The number of allylic oxidation sites excluding steroid dienone is 2. The summed E-state index contributed by atoms with van der Waals surface area (Å²) in [6, 6.07) is 0. The Morgan fingerprint density at radius 1 is 0.591 bits per heavy atom. The van der Waals surface area contributed by atoms with Gasteiger partial charge in [-0.1, -0.05) is 154 Å². The SMILES string of the molecule is CCCCCCCC/C=C\CCCCCCC(C(=O)CCCCCCCCCCCCCCC)C(=O)PC(O)C[N+](C)(C)C. The van der Waals surface area contributed by atoms with Crippen LogP contribution in [0.15, 0.2) is 12.2 Å². The molecule has 0 aromatic rings. The molecule has 44 heavy (non-hydrogen) atoms. The Kier molecular flexibility index (Phi) is 30.6. The maximum absolute atomic E-state index is 13.2. The molecule has 3 atom stereocenters. The number of Topliss-reactive ketones (excluding diaryl/α,β-unsaturated/α-hetero) is 1. The highest BCUT2D eigenvalue weighted by molar-refractivity contribution is 7.58. The first-order chi connectivity index (χ1) is 21.2. The van der Waals surface area contributed by atoms with Gasteiger partial charge in [0.05, 0.1) is 27.1 Å². The summed E-state index contributed by atoms with van der Waals surface area (Å²) in [4.78, 5) is 26.4. The van der Waals surface area contributed by atoms with Crippen molar-refractivity contribution >= 4 is 19.9 Å². The Labute approximate surface area is 277 Å². The Morgan fingerprint density at radius 2 is 0.977 bits per heavy atom. The quantitative estimate of drug-likeness (QED) is 0.0251. The maximum atomic E-state index is 13.2. The second-order valence-electron chi connectivity index (χ2n) is 14.5. The van der Waals surface area contributed by atoms with Crippen LogP contribution in [0.1, 0.15) is 187 Å². The molecule has 1 N–H and O–H groups in total. The summed E-state index contributed by atoms with van der Waals surface area (Å²) in [7, 11) is 5.89. The van der Waals surface area contributed by atoms with E-state index in [1.54, 1.807) is 0 Å². The molecule has 0 saturated carbocycles. The first kappa shape index (κ1) is 43.4. The minimum atomic E-state index is -0.655. The van der Waals surface area contributed by atoms with E-state index in [1.807, 2.05) is 21.1 Å². The third-order valence-corrected chi connectivity index (χ3v) is 9.91. The van der Waals surface area contributed by atoms with Gasteiger partial charge in [0.2, 0.25) is 0 Å². The molecule has 0 aromatic heterocycles. The van der Waals surface area contributed by atoms with Gasteiger partial charge < -0.3 is 9.59 Å². The minimum Gasteiger partial charge on any atom is -0.383 e. The number of likely N-dealkylation sites (N-methyl/N-ethyl adjacent to an activating group) is 1. The average Bonchev–Trinajstić information content (AvgIpc) is 2.96. The summed E-state index contributed by atoms with van der Waals surface area (Å²) >= 11 is 0. The third kappa shape index (κ3) is 30.1. The Hall–Kier alpha value is -0.570. The smallest absolute Gasteiger partial charge is 0.164 e. The van der Waals surface area contributed by atoms with Crippen molar-refractivity contribution < 1.29 is 19.2 Å². The molecule has 4 nitrogen and oxygen atoms in total. The van der Waals surface area contributed by atoms with Crippen molar-refractivity contribution in [2.75, 3.05) is 27.7 Å². The molecule has 0 heterocycles. The lowest BCUT2D eigenvalue weighted by atomic mass is 9.94. The van der Waals surface area contributed by atoms with Gasteiger partial charge in [-0.25, -0.2) is 0 Å². The van der Waals surface area contributed by atoms with Crippen LogP contribution in [-0.4, -0.2) is 54.4 Å². The molecule has 0 bridgehead atoms. The van der Waals surface area contributed by atoms with Crippen LogP contribution in [0.4, 0.5) is 0 Å². The van der Waals surface area contributed by atoms with E-state index >= 15 is 0 Å². The minimum absolute atomic E-state index is 0.0109. The summed E-state index contributed by atoms with van der Waals surface area (Å²) in [6.07, 6.45) is 37.4. The lowest BCUT2D eigenvalue weighted by Gasteiger charge is -2.27. The molecule has 5 heteroatoms. The van der Waals surface area contributed by atoms with Crippen molar-refractivity contribution in [2.45, 2.75) is 193 Å². The van der Waals surface area contributed by atoms with Gasteiger partial charge in [0.1, 0.15) is 18.2 Å². The van der Waals surface area contributed by atoms with E-state index in [0.29, 0.717) is 23.9 Å². The largest absolute Gasteiger partial charge is 0.383 e. The molecule has 0 radical (unpaired) electrons. The first-order valence-corrected chi connectivity index (χ1v) is 20.3. The summed E-state index contributed by atoms with van der Waals surface area (Å²) in [5.74, 6) is -1.04. The van der Waals surface area contributed by atoms with Crippen LogP contribution in [0.3, 0.4) is 0 Å². The van der Waals surface area contributed by atoms with E-state index in [2.05, 4.69) is 26.0 Å². The zero-order valence-electron chi connectivity index (χ0n) is 30.3. The van der Waals surface area contributed by atoms with E-state index in [9.17, 15) is 14.7 Å². The Bertz CT molecular complexity index is 687. The van der Waals surface area contributed by atoms with Gasteiger partial charge in [-0.3, -0.25) is 9.59 Å². The van der Waals surface area contributed by atoms with Crippen LogP contribution in [0.25, 0.3) is 0 Å². The van der Waals surface area contributed by atoms with Gasteiger partial charge in [-0.05, 0) is 47.1 Å². The van der Waals surface area contributed by atoms with Crippen molar-refractivity contribution in [3.63, 3.8) is 0 Å². The maximum Gasteiger partial charge on any atom is 0.164 e. The van der Waals surface area contributed by atoms with Gasteiger partial charge in [0, 0.05) is 6.42 Å². The first-order valence-electron chi connectivity index (χ1n) is 19.2. The van der Waals surface area contributed by atoms with E-state index in [1.165, 1.54) is 122 Å². The molecule has 0 spiro atoms. The van der Waals surface area contributed by atoms with Crippen molar-refractivity contribution in [3.05, 3.63) is 12.2 Å². The summed E-state index contributed by atoms with van der Waals surface area (Å²) in [6.45, 7) is 5.08. The van der Waals surface area contributed by atoms with Crippen molar-refractivity contribution in [1.82, 2.24) is 0 Å². The van der Waals surface area contributed by atoms with Gasteiger partial charge in [0.15, 0.2) is 5.52 Å². The van der Waals surface area contributed by atoms with Crippen LogP contribution in [0.2, 0.25) is 0 Å². The highest BCUT2D eigenvalue weighted by Gasteiger charge is 2.28. The molecule has 260 valence electrons. The number of unbranched alkanes of at least 4 members (excludes halogenated alkanes) is 22. The van der Waals surface area contributed by atoms with Gasteiger partial charge >= 0.3 is 0 Å². The zero-order valence-corrected chi connectivity index (χ0v) is 31.3. The number of rotatable bonds is 34. The lowest BCUT2D eigenvalue weighted by Crippen LogP contribution is -2.40. The molecule has 0 aliphatic heterocycles. The fourth-order valence-electron chi connectivity index (χ4n) is 6.00. The summed E-state index contributed by atoms with van der Waals surface area (Å²) in [5.41, 5.74) is -0.0109. The molecule has 0 rings (SSSR count). The standard InChI is InChI=1S/C39H77NO3P/c1-6-8-10-12-14-16-18-20-22-23-25-27-29-31-33-36(39(43)44-38(42)35-40(3,4)5)37(41)34-32-30-28-26-24-21-19-17-15-13-11-9-7-2/h20,22,36,38,42,44H,6-19,21,23-35H2,1-5H3/q+1/b22-20-. The Balaban J connectivity index is 4.29. The highest BCUT2D eigenvalue weighted by Crippen LogP contribution is 2.29. The molecular weight excluding hydrogens is 561 g/mol. The van der Waals surface area contributed by atoms with E-state index in [4.69, 9.17) is 0 Å². The van der Waals surface area contributed by atoms with E-state index in [-0.39, 0.29) is 19.9 Å². The van der Waals surface area contributed by atoms with Crippen LogP contribution in [-0.2, 0) is 9.59 Å². The van der Waals surface area contributed by atoms with Crippen molar-refractivity contribution in [3.8, 4) is 0 Å². The topological polar surface area (TPSA) is 54.4 Å². The Morgan fingerprint density at radius 3 is 1.41 bits per heavy atom. The van der Waals surface area contributed by atoms with Crippen LogP contribution in [0.5, 0.6) is 0 Å². The zero-order chi connectivity index (χ0) is 32.7. The number of aliphatic hydroxyl groups is 1. The van der Waals surface area contributed by atoms with Crippen molar-refractivity contribution in [1.29, 1.82) is 0 Å². The molecule has 0 aliphatic rings. The molecule has 3 unspecified atom stereocenters. The number of carbonyl (C=O) groups excluding carboxylic acids is 2. The number of hydrogen-bond acceptors (Lipinski definition) is 3. The number of quaternary nitrogens is 1. The van der Waals surface area contributed by atoms with Crippen LogP contribution < -0.4 is 0 Å². The predicted molar refractivity (Wildman–Crippen MR) is 196 cm³/mol. The lowest BCUT2D eigenvalue weighted by molar-refractivity contribution is -0.871. The van der Waals surface area contributed by atoms with Gasteiger partial charge in [-0.2, -0.15) is 0 Å². The summed E-state index contributed by atoms with van der Waals surface area (Å²) < 4.78 is 0.617. The number of aliphatic hydroxyl groups excluding tert-OH is 1. The van der Waals surface area contributed by atoms with Crippen LogP contribution >= 0.6 is 8.58 Å². The second kappa shape index (κ2) is 31.1. The third-order valence-electron chi connectivity index (χ3n) is 8.77. The fraction of sp³-hybridized carbons (Fsp3) is 0.897. The number of ketones is 1. The monoisotopic (exact) mass is 639 g/mol. The average molecular weight is 639 g/mol. The van der Waals surface area contributed by atoms with Crippen molar-refractivity contribution in [2.24, 2.45) is 5.92 Å². The molecule has 0 fully saturated rings. The predicted octanol–water partition coefficient (Wildman–Crippen LogP) is 11.5. The normalized spacial score (nSPS) is 13.8. The van der Waals surface area contributed by atoms with Crippen LogP contribution in [0, 0.1) is 5.92 Å². The van der Waals surface area contributed by atoms with E-state index < -0.39 is 11.8 Å². The molecule has 0 saturated heterocycles. The second-order valence-corrected chi connectivity index (χ2v) is 16.0. The number of nitrogens with zero attached hydrogens (tertiary/aromatic N) is 1. The molecule has 0 aromatic carbocycles. The van der Waals surface area contributed by atoms with Gasteiger partial charge in [-0.15, -0.1) is 0 Å².